The third-order valence-electron chi connectivity index (χ3n) is 3.64. The average molecular weight is 346 g/mol. The largest absolute Gasteiger partial charge is 0.463 e. The molecule has 0 unspecified atom stereocenters. The third kappa shape index (κ3) is 2.58. The van der Waals surface area contributed by atoms with Gasteiger partial charge in [0.15, 0.2) is 0 Å². The molecule has 0 spiro atoms. The normalized spacial score (nSPS) is 16.5. The SMILES string of the molecule is CSc1nc2n(n1)[C@@H](c1cc(F)cc(F)c1)C=C(c1ccco1)N2. The van der Waals surface area contributed by atoms with Gasteiger partial charge in [-0.2, -0.15) is 4.98 Å². The standard InChI is InChI=1S/C16H12F2N4OS/c1-24-16-20-15-19-12(14-3-2-4-23-14)8-13(22(15)21-16)9-5-10(17)7-11(18)6-9/h2-8,13H,1H3,(H,19,20,21)/t13-/m1/s1. The fraction of sp³-hybridized carbons (Fsp3) is 0.125. The predicted molar refractivity (Wildman–Crippen MR) is 86.6 cm³/mol. The van der Waals surface area contributed by atoms with Crippen LogP contribution in [-0.4, -0.2) is 21.0 Å². The number of anilines is 1. The van der Waals surface area contributed by atoms with Gasteiger partial charge in [-0.05, 0) is 42.2 Å². The van der Waals surface area contributed by atoms with Crippen LogP contribution in [0.1, 0.15) is 17.4 Å². The van der Waals surface area contributed by atoms with Crippen LogP contribution in [0.15, 0.2) is 52.2 Å². The van der Waals surface area contributed by atoms with Gasteiger partial charge in [0.2, 0.25) is 11.1 Å². The summed E-state index contributed by atoms with van der Waals surface area (Å²) in [5.41, 5.74) is 1.11. The molecule has 0 bridgehead atoms. The summed E-state index contributed by atoms with van der Waals surface area (Å²) in [6.45, 7) is 0. The number of nitrogens with one attached hydrogen (secondary N) is 1. The zero-order valence-electron chi connectivity index (χ0n) is 12.5. The second-order valence-corrected chi connectivity index (χ2v) is 5.97. The molecule has 3 aromatic rings. The Bertz CT molecular complexity index is 900. The Morgan fingerprint density at radius 1 is 1.25 bits per heavy atom. The van der Waals surface area contributed by atoms with Crippen molar-refractivity contribution in [1.82, 2.24) is 14.8 Å². The minimum Gasteiger partial charge on any atom is -0.463 e. The molecule has 0 radical (unpaired) electrons. The zero-order valence-corrected chi connectivity index (χ0v) is 13.3. The molecule has 0 saturated carbocycles. The highest BCUT2D eigenvalue weighted by Gasteiger charge is 2.26. The Balaban J connectivity index is 1.86. The van der Waals surface area contributed by atoms with Crippen LogP contribution in [0.3, 0.4) is 0 Å². The third-order valence-corrected chi connectivity index (χ3v) is 4.18. The Morgan fingerprint density at radius 3 is 2.71 bits per heavy atom. The minimum atomic E-state index is -0.636. The summed E-state index contributed by atoms with van der Waals surface area (Å²) < 4.78 is 34.3. The lowest BCUT2D eigenvalue weighted by Gasteiger charge is -2.23. The predicted octanol–water partition coefficient (Wildman–Crippen LogP) is 3.93. The fourth-order valence-corrected chi connectivity index (χ4v) is 2.97. The lowest BCUT2D eigenvalue weighted by atomic mass is 10.0. The van der Waals surface area contributed by atoms with Gasteiger partial charge in [-0.3, -0.25) is 0 Å². The molecule has 1 aromatic carbocycles. The summed E-state index contributed by atoms with van der Waals surface area (Å²) in [4.78, 5) is 4.38. The molecule has 0 aliphatic carbocycles. The van der Waals surface area contributed by atoms with Crippen LogP contribution in [0.2, 0.25) is 0 Å². The topological polar surface area (TPSA) is 55.9 Å². The highest BCUT2D eigenvalue weighted by atomic mass is 32.2. The van der Waals surface area contributed by atoms with E-state index in [1.807, 2.05) is 6.26 Å². The first-order valence-electron chi connectivity index (χ1n) is 7.13. The van der Waals surface area contributed by atoms with E-state index in [0.717, 1.165) is 6.07 Å². The van der Waals surface area contributed by atoms with Crippen LogP contribution in [0.4, 0.5) is 14.7 Å². The molecule has 1 aliphatic rings. The van der Waals surface area contributed by atoms with Crippen LogP contribution in [0.5, 0.6) is 0 Å². The number of hydrogen-bond donors (Lipinski definition) is 1. The van der Waals surface area contributed by atoms with Crippen LogP contribution < -0.4 is 5.32 Å². The number of hydrogen-bond acceptors (Lipinski definition) is 5. The maximum atomic E-state index is 13.7. The van der Waals surface area contributed by atoms with Gasteiger partial charge >= 0.3 is 0 Å². The number of allylic oxidation sites excluding steroid dienone is 1. The second kappa shape index (κ2) is 5.79. The summed E-state index contributed by atoms with van der Waals surface area (Å²) in [5.74, 6) is -0.175. The quantitative estimate of drug-likeness (QED) is 0.728. The maximum absolute atomic E-state index is 13.7. The molecule has 1 atom stereocenters. The van der Waals surface area contributed by atoms with E-state index in [9.17, 15) is 8.78 Å². The first-order valence-corrected chi connectivity index (χ1v) is 8.36. The number of fused-ring (bicyclic) bond motifs is 1. The molecular weight excluding hydrogens is 334 g/mol. The van der Waals surface area contributed by atoms with Crippen molar-refractivity contribution in [3.63, 3.8) is 0 Å². The number of furan rings is 1. The van der Waals surface area contributed by atoms with E-state index in [1.54, 1.807) is 29.2 Å². The summed E-state index contributed by atoms with van der Waals surface area (Å²) in [6, 6.07) is 6.49. The van der Waals surface area contributed by atoms with Crippen molar-refractivity contribution in [2.24, 2.45) is 0 Å². The molecule has 3 heterocycles. The van der Waals surface area contributed by atoms with E-state index in [4.69, 9.17) is 4.42 Å². The molecule has 1 N–H and O–H groups in total. The van der Waals surface area contributed by atoms with Crippen LogP contribution in [0, 0.1) is 11.6 Å². The van der Waals surface area contributed by atoms with Gasteiger partial charge in [0.05, 0.1) is 12.0 Å². The number of halogens is 2. The molecule has 5 nitrogen and oxygen atoms in total. The molecular formula is C16H12F2N4OS. The van der Waals surface area contributed by atoms with Gasteiger partial charge in [0.25, 0.3) is 0 Å². The van der Waals surface area contributed by atoms with Crippen LogP contribution in [-0.2, 0) is 0 Å². The van der Waals surface area contributed by atoms with E-state index >= 15 is 0 Å². The van der Waals surface area contributed by atoms with Gasteiger partial charge in [0.1, 0.15) is 23.4 Å². The molecule has 122 valence electrons. The molecule has 24 heavy (non-hydrogen) atoms. The Morgan fingerprint density at radius 2 is 2.04 bits per heavy atom. The minimum absolute atomic E-state index is 0.442. The van der Waals surface area contributed by atoms with Crippen molar-refractivity contribution in [3.8, 4) is 0 Å². The number of rotatable bonds is 3. The van der Waals surface area contributed by atoms with Crippen molar-refractivity contribution in [2.75, 3.05) is 11.6 Å². The van der Waals surface area contributed by atoms with Gasteiger partial charge in [0, 0.05) is 6.07 Å². The molecule has 0 saturated heterocycles. The second-order valence-electron chi connectivity index (χ2n) is 5.20. The van der Waals surface area contributed by atoms with E-state index in [-0.39, 0.29) is 0 Å². The fourth-order valence-electron chi connectivity index (χ4n) is 2.62. The van der Waals surface area contributed by atoms with Gasteiger partial charge in [-0.25, -0.2) is 13.5 Å². The first-order chi connectivity index (χ1) is 11.6. The zero-order chi connectivity index (χ0) is 16.7. The van der Waals surface area contributed by atoms with Crippen molar-refractivity contribution in [3.05, 3.63) is 65.6 Å². The summed E-state index contributed by atoms with van der Waals surface area (Å²) in [6.07, 6.45) is 5.22. The number of nitrogens with zero attached hydrogens (tertiary/aromatic N) is 3. The summed E-state index contributed by atoms with van der Waals surface area (Å²) >= 11 is 1.39. The van der Waals surface area contributed by atoms with Crippen molar-refractivity contribution < 1.29 is 13.2 Å². The van der Waals surface area contributed by atoms with Crippen molar-refractivity contribution in [1.29, 1.82) is 0 Å². The van der Waals surface area contributed by atoms with E-state index in [0.29, 0.717) is 28.1 Å². The highest BCUT2D eigenvalue weighted by Crippen LogP contribution is 2.34. The lowest BCUT2D eigenvalue weighted by molar-refractivity contribution is 0.543. The molecule has 8 heteroatoms. The Kier molecular flexibility index (Phi) is 3.61. The highest BCUT2D eigenvalue weighted by molar-refractivity contribution is 7.98. The molecule has 4 rings (SSSR count). The number of aromatic nitrogens is 3. The number of benzene rings is 1. The lowest BCUT2D eigenvalue weighted by Crippen LogP contribution is -2.20. The van der Waals surface area contributed by atoms with Crippen molar-refractivity contribution in [2.45, 2.75) is 11.2 Å². The van der Waals surface area contributed by atoms with Gasteiger partial charge < -0.3 is 9.73 Å². The number of thioether (sulfide) groups is 1. The smallest absolute Gasteiger partial charge is 0.227 e. The van der Waals surface area contributed by atoms with Crippen molar-refractivity contribution >= 4 is 23.4 Å². The molecule has 0 amide bonds. The monoisotopic (exact) mass is 346 g/mol. The molecule has 1 aliphatic heterocycles. The van der Waals surface area contributed by atoms with Crippen LogP contribution in [0.25, 0.3) is 5.70 Å². The summed E-state index contributed by atoms with van der Waals surface area (Å²) in [7, 11) is 0. The molecule has 0 fully saturated rings. The maximum Gasteiger partial charge on any atom is 0.227 e. The van der Waals surface area contributed by atoms with Gasteiger partial charge in [-0.15, -0.1) is 5.10 Å². The summed E-state index contributed by atoms with van der Waals surface area (Å²) in [5, 5.41) is 8.09. The van der Waals surface area contributed by atoms with E-state index in [2.05, 4.69) is 15.4 Å². The molecule has 2 aromatic heterocycles. The van der Waals surface area contributed by atoms with Gasteiger partial charge in [-0.1, -0.05) is 11.8 Å². The average Bonchev–Trinajstić information content (AvgIpc) is 3.21. The Labute approximate surface area is 140 Å². The Hall–Kier alpha value is -2.61. The first kappa shape index (κ1) is 14.9. The van der Waals surface area contributed by atoms with Crippen LogP contribution >= 0.6 is 11.8 Å². The van der Waals surface area contributed by atoms with E-state index in [1.165, 1.54) is 23.9 Å². The van der Waals surface area contributed by atoms with E-state index < -0.39 is 17.7 Å².